The van der Waals surface area contributed by atoms with E-state index < -0.39 is 5.91 Å². The Kier molecular flexibility index (Phi) is 3.98. The van der Waals surface area contributed by atoms with Crippen molar-refractivity contribution in [1.29, 1.82) is 0 Å². The molecule has 0 saturated heterocycles. The van der Waals surface area contributed by atoms with Gasteiger partial charge in [0.1, 0.15) is 0 Å². The van der Waals surface area contributed by atoms with E-state index >= 15 is 0 Å². The number of aromatic nitrogens is 2. The molecule has 2 aromatic rings. The highest BCUT2D eigenvalue weighted by Gasteiger charge is 2.24. The number of nitrogens with two attached hydrogens (primary N) is 1. The van der Waals surface area contributed by atoms with Gasteiger partial charge in [-0.1, -0.05) is 0 Å². The van der Waals surface area contributed by atoms with Crippen LogP contribution >= 0.6 is 11.3 Å². The van der Waals surface area contributed by atoms with Gasteiger partial charge in [-0.15, -0.1) is 11.3 Å². The highest BCUT2D eigenvalue weighted by Crippen LogP contribution is 2.22. The van der Waals surface area contributed by atoms with Gasteiger partial charge in [0.05, 0.1) is 22.3 Å². The van der Waals surface area contributed by atoms with Crippen LogP contribution in [0, 0.1) is 12.8 Å². The molecule has 0 bridgehead atoms. The quantitative estimate of drug-likeness (QED) is 0.891. The summed E-state index contributed by atoms with van der Waals surface area (Å²) in [6.45, 7) is 3.33. The summed E-state index contributed by atoms with van der Waals surface area (Å²) >= 11 is 1.49. The van der Waals surface area contributed by atoms with E-state index in [0.29, 0.717) is 24.4 Å². The lowest BCUT2D eigenvalue weighted by Gasteiger charge is -2.24. The summed E-state index contributed by atoms with van der Waals surface area (Å²) in [6.07, 6.45) is 3.17. The summed E-state index contributed by atoms with van der Waals surface area (Å²) in [7, 11) is 0. The number of nitrogens with zero attached hydrogens (tertiary/aromatic N) is 2. The lowest BCUT2D eigenvalue weighted by Crippen LogP contribution is -2.33. The smallest absolute Gasteiger partial charge is 0.261 e. The first-order valence-electron chi connectivity index (χ1n) is 7.23. The number of fused-ring (bicyclic) bond motifs is 1. The monoisotopic (exact) mass is 318 g/mol. The summed E-state index contributed by atoms with van der Waals surface area (Å²) in [5.41, 5.74) is 6.74. The molecule has 22 heavy (non-hydrogen) atoms. The van der Waals surface area contributed by atoms with E-state index in [4.69, 9.17) is 5.73 Å². The number of carbonyl (C=O) groups is 2. The number of rotatable bonds is 4. The van der Waals surface area contributed by atoms with Crippen molar-refractivity contribution in [1.82, 2.24) is 15.1 Å². The van der Waals surface area contributed by atoms with Crippen molar-refractivity contribution in [3.8, 4) is 0 Å². The Morgan fingerprint density at radius 3 is 3.00 bits per heavy atom. The first-order chi connectivity index (χ1) is 10.5. The Balaban J connectivity index is 1.62. The molecule has 0 aromatic carbocycles. The van der Waals surface area contributed by atoms with Crippen molar-refractivity contribution in [2.75, 3.05) is 6.54 Å². The second-order valence-electron chi connectivity index (χ2n) is 5.57. The van der Waals surface area contributed by atoms with Crippen molar-refractivity contribution in [2.24, 2.45) is 11.7 Å². The molecule has 1 aliphatic heterocycles. The number of nitrogens with one attached hydrogen (secondary N) is 1. The van der Waals surface area contributed by atoms with E-state index in [1.54, 1.807) is 0 Å². The second kappa shape index (κ2) is 5.92. The topological polar surface area (TPSA) is 90.0 Å². The molecule has 3 heterocycles. The summed E-state index contributed by atoms with van der Waals surface area (Å²) < 4.78 is 1.83. The Hall–Kier alpha value is -2.15. The van der Waals surface area contributed by atoms with Crippen LogP contribution in [0.15, 0.2) is 18.3 Å². The molecule has 116 valence electrons. The third-order valence-electron chi connectivity index (χ3n) is 3.96. The van der Waals surface area contributed by atoms with Crippen LogP contribution in [-0.2, 0) is 13.0 Å². The van der Waals surface area contributed by atoms with Crippen molar-refractivity contribution in [3.05, 3.63) is 39.3 Å². The highest BCUT2D eigenvalue weighted by atomic mass is 32.1. The lowest BCUT2D eigenvalue weighted by molar-refractivity contribution is 0.0945. The fourth-order valence-electron chi connectivity index (χ4n) is 2.76. The van der Waals surface area contributed by atoms with Gasteiger partial charge < -0.3 is 11.1 Å². The number of carbonyl (C=O) groups excluding carboxylic acids is 2. The maximum absolute atomic E-state index is 12.1. The van der Waals surface area contributed by atoms with Crippen LogP contribution in [0.2, 0.25) is 0 Å². The second-order valence-corrected chi connectivity index (χ2v) is 6.86. The normalized spacial score (nSPS) is 17.0. The first-order valence-corrected chi connectivity index (χ1v) is 8.05. The van der Waals surface area contributed by atoms with Gasteiger partial charge in [-0.3, -0.25) is 14.3 Å². The van der Waals surface area contributed by atoms with Gasteiger partial charge in [0.25, 0.3) is 11.8 Å². The molecule has 1 atom stereocenters. The Labute approximate surface area is 132 Å². The molecule has 2 aromatic heterocycles. The van der Waals surface area contributed by atoms with Crippen LogP contribution in [0.4, 0.5) is 0 Å². The van der Waals surface area contributed by atoms with Gasteiger partial charge in [-0.2, -0.15) is 5.10 Å². The molecule has 0 saturated carbocycles. The third kappa shape index (κ3) is 2.89. The number of primary amides is 1. The van der Waals surface area contributed by atoms with E-state index in [0.717, 1.165) is 28.4 Å². The maximum Gasteiger partial charge on any atom is 0.261 e. The number of thiophene rings is 1. The molecular formula is C15H18N4O2S. The molecule has 0 fully saturated rings. The van der Waals surface area contributed by atoms with E-state index in [-0.39, 0.29) is 5.91 Å². The van der Waals surface area contributed by atoms with E-state index in [1.165, 1.54) is 17.5 Å². The average Bonchev–Trinajstić information content (AvgIpc) is 3.10. The van der Waals surface area contributed by atoms with Crippen molar-refractivity contribution in [2.45, 2.75) is 26.3 Å². The van der Waals surface area contributed by atoms with Crippen LogP contribution in [0.25, 0.3) is 0 Å². The van der Waals surface area contributed by atoms with Crippen LogP contribution in [0.3, 0.4) is 0 Å². The first kappa shape index (κ1) is 14.8. The molecule has 1 aliphatic rings. The SMILES string of the molecule is Cc1ccc(C(=O)NCC2CCn3ncc(C(N)=O)c3C2)s1. The molecule has 0 aliphatic carbocycles. The van der Waals surface area contributed by atoms with Crippen molar-refractivity contribution < 1.29 is 9.59 Å². The lowest BCUT2D eigenvalue weighted by atomic mass is 9.94. The van der Waals surface area contributed by atoms with Crippen molar-refractivity contribution in [3.63, 3.8) is 0 Å². The van der Waals surface area contributed by atoms with Crippen LogP contribution in [0.1, 0.15) is 37.0 Å². The van der Waals surface area contributed by atoms with Gasteiger partial charge in [0.2, 0.25) is 0 Å². The zero-order chi connectivity index (χ0) is 15.7. The molecule has 6 nitrogen and oxygen atoms in total. The predicted molar refractivity (Wildman–Crippen MR) is 83.9 cm³/mol. The molecule has 7 heteroatoms. The highest BCUT2D eigenvalue weighted by molar-refractivity contribution is 7.13. The van der Waals surface area contributed by atoms with Gasteiger partial charge >= 0.3 is 0 Å². The number of hydrogen-bond acceptors (Lipinski definition) is 4. The summed E-state index contributed by atoms with van der Waals surface area (Å²) in [4.78, 5) is 25.3. The van der Waals surface area contributed by atoms with E-state index in [9.17, 15) is 9.59 Å². The molecule has 2 amide bonds. The third-order valence-corrected chi connectivity index (χ3v) is 4.96. The molecule has 0 radical (unpaired) electrons. The Morgan fingerprint density at radius 2 is 2.32 bits per heavy atom. The standard InChI is InChI=1S/C15H18N4O2S/c1-9-2-3-13(22-9)15(21)17-7-10-4-5-19-12(6-10)11(8-18-19)14(16)20/h2-3,8,10H,4-7H2,1H3,(H2,16,20)(H,17,21). The van der Waals surface area contributed by atoms with Crippen LogP contribution in [-0.4, -0.2) is 28.1 Å². The van der Waals surface area contributed by atoms with Gasteiger partial charge in [-0.05, 0) is 37.8 Å². The Morgan fingerprint density at radius 1 is 1.50 bits per heavy atom. The fraction of sp³-hybridized carbons (Fsp3) is 0.400. The van der Waals surface area contributed by atoms with Gasteiger partial charge in [0.15, 0.2) is 0 Å². The van der Waals surface area contributed by atoms with Crippen LogP contribution in [0.5, 0.6) is 0 Å². The molecule has 1 unspecified atom stereocenters. The number of hydrogen-bond donors (Lipinski definition) is 2. The number of amides is 2. The minimum Gasteiger partial charge on any atom is -0.365 e. The largest absolute Gasteiger partial charge is 0.365 e. The Bertz CT molecular complexity index is 719. The molecular weight excluding hydrogens is 300 g/mol. The zero-order valence-corrected chi connectivity index (χ0v) is 13.2. The van der Waals surface area contributed by atoms with Crippen molar-refractivity contribution >= 4 is 23.2 Å². The predicted octanol–water partition coefficient (Wildman–Crippen LogP) is 1.34. The maximum atomic E-state index is 12.1. The minimum atomic E-state index is -0.444. The summed E-state index contributed by atoms with van der Waals surface area (Å²) in [5, 5.41) is 7.17. The summed E-state index contributed by atoms with van der Waals surface area (Å²) in [6, 6.07) is 3.79. The van der Waals surface area contributed by atoms with Crippen LogP contribution < -0.4 is 11.1 Å². The average molecular weight is 318 g/mol. The van der Waals surface area contributed by atoms with E-state index in [2.05, 4.69) is 10.4 Å². The minimum absolute atomic E-state index is 0.0349. The van der Waals surface area contributed by atoms with E-state index in [1.807, 2.05) is 23.7 Å². The molecule has 0 spiro atoms. The zero-order valence-electron chi connectivity index (χ0n) is 12.3. The van der Waals surface area contributed by atoms with Gasteiger partial charge in [-0.25, -0.2) is 0 Å². The molecule has 3 rings (SSSR count). The van der Waals surface area contributed by atoms with Gasteiger partial charge in [0, 0.05) is 18.0 Å². The fourth-order valence-corrected chi connectivity index (χ4v) is 3.54. The molecule has 3 N–H and O–H groups in total. The number of aryl methyl sites for hydroxylation is 2. The summed E-state index contributed by atoms with van der Waals surface area (Å²) in [5.74, 6) is -0.181.